The third-order valence-corrected chi connectivity index (χ3v) is 4.54. The molecule has 1 unspecified atom stereocenters. The van der Waals surface area contributed by atoms with Crippen LogP contribution in [0.15, 0.2) is 18.2 Å². The summed E-state index contributed by atoms with van der Waals surface area (Å²) in [5, 5.41) is 10.8. The molecule has 0 radical (unpaired) electrons. The molecule has 1 aromatic carbocycles. The molecule has 1 aromatic rings. The topological polar surface area (TPSA) is 26.7 Å². The normalized spacial score (nSPS) is 19.6. The first-order chi connectivity index (χ1) is 9.15. The van der Waals surface area contributed by atoms with E-state index in [1.807, 2.05) is 12.1 Å². The van der Waals surface area contributed by atoms with Crippen LogP contribution in [0.4, 0.5) is 0 Å². The lowest BCUT2D eigenvalue weighted by Crippen LogP contribution is -2.48. The average molecular weight is 303 g/mol. The molecule has 1 saturated heterocycles. The van der Waals surface area contributed by atoms with Gasteiger partial charge >= 0.3 is 0 Å². The molecule has 19 heavy (non-hydrogen) atoms. The number of nitrogens with zero attached hydrogens (tertiary/aromatic N) is 2. The van der Waals surface area contributed by atoms with Crippen molar-refractivity contribution in [1.29, 1.82) is 0 Å². The Balaban J connectivity index is 2.09. The van der Waals surface area contributed by atoms with Gasteiger partial charge in [0.2, 0.25) is 0 Å². The fraction of sp³-hybridized carbons (Fsp3) is 0.571. The Kier molecular flexibility index (Phi) is 5.48. The molecule has 106 valence electrons. The SMILES string of the molecule is CCN1CCN(C(CO)c2ccc(Cl)c(Cl)c2)CC1. The van der Waals surface area contributed by atoms with E-state index in [-0.39, 0.29) is 12.6 Å². The van der Waals surface area contributed by atoms with Crippen LogP contribution < -0.4 is 0 Å². The quantitative estimate of drug-likeness (QED) is 0.926. The van der Waals surface area contributed by atoms with Crippen LogP contribution in [-0.4, -0.2) is 54.2 Å². The highest BCUT2D eigenvalue weighted by Gasteiger charge is 2.24. The third-order valence-electron chi connectivity index (χ3n) is 3.80. The van der Waals surface area contributed by atoms with Gasteiger partial charge in [0.05, 0.1) is 22.7 Å². The molecule has 0 bridgehead atoms. The molecular weight excluding hydrogens is 283 g/mol. The van der Waals surface area contributed by atoms with Crippen LogP contribution in [-0.2, 0) is 0 Å². The van der Waals surface area contributed by atoms with Gasteiger partial charge < -0.3 is 10.0 Å². The molecule has 0 amide bonds. The number of benzene rings is 1. The maximum absolute atomic E-state index is 9.68. The largest absolute Gasteiger partial charge is 0.394 e. The Morgan fingerprint density at radius 2 is 1.84 bits per heavy atom. The van der Waals surface area contributed by atoms with E-state index in [1.165, 1.54) is 0 Å². The molecule has 0 aromatic heterocycles. The monoisotopic (exact) mass is 302 g/mol. The molecule has 5 heteroatoms. The molecule has 0 aliphatic carbocycles. The summed E-state index contributed by atoms with van der Waals surface area (Å²) in [6.45, 7) is 7.41. The fourth-order valence-electron chi connectivity index (χ4n) is 2.54. The van der Waals surface area contributed by atoms with Gasteiger partial charge in [0.15, 0.2) is 0 Å². The van der Waals surface area contributed by atoms with Gasteiger partial charge in [-0.2, -0.15) is 0 Å². The minimum atomic E-state index is 0.00812. The van der Waals surface area contributed by atoms with Crippen molar-refractivity contribution in [3.63, 3.8) is 0 Å². The molecule has 3 nitrogen and oxygen atoms in total. The molecule has 1 heterocycles. The van der Waals surface area contributed by atoms with Gasteiger partial charge in [-0.3, -0.25) is 4.90 Å². The lowest BCUT2D eigenvalue weighted by atomic mass is 10.1. The third kappa shape index (κ3) is 3.61. The van der Waals surface area contributed by atoms with Gasteiger partial charge in [-0.25, -0.2) is 0 Å². The highest BCUT2D eigenvalue weighted by atomic mass is 35.5. The zero-order valence-corrected chi connectivity index (χ0v) is 12.7. The lowest BCUT2D eigenvalue weighted by molar-refractivity contribution is 0.0672. The maximum Gasteiger partial charge on any atom is 0.0628 e. The van der Waals surface area contributed by atoms with Crippen molar-refractivity contribution in [2.45, 2.75) is 13.0 Å². The van der Waals surface area contributed by atoms with E-state index in [0.717, 1.165) is 38.3 Å². The van der Waals surface area contributed by atoms with Gasteiger partial charge in [-0.1, -0.05) is 36.2 Å². The summed E-state index contributed by atoms with van der Waals surface area (Å²) >= 11 is 12.0. The summed E-state index contributed by atoms with van der Waals surface area (Å²) in [6, 6.07) is 5.61. The van der Waals surface area contributed by atoms with Crippen LogP contribution in [0.1, 0.15) is 18.5 Å². The number of hydrogen-bond donors (Lipinski definition) is 1. The zero-order valence-electron chi connectivity index (χ0n) is 11.1. The maximum atomic E-state index is 9.68. The predicted molar refractivity (Wildman–Crippen MR) is 80.0 cm³/mol. The molecule has 1 aliphatic rings. The van der Waals surface area contributed by atoms with Crippen molar-refractivity contribution < 1.29 is 5.11 Å². The van der Waals surface area contributed by atoms with Crippen molar-refractivity contribution in [3.05, 3.63) is 33.8 Å². The van der Waals surface area contributed by atoms with E-state index in [1.54, 1.807) is 6.07 Å². The molecule has 1 aliphatic heterocycles. The van der Waals surface area contributed by atoms with E-state index < -0.39 is 0 Å². The van der Waals surface area contributed by atoms with Crippen molar-refractivity contribution in [3.8, 4) is 0 Å². The van der Waals surface area contributed by atoms with Gasteiger partial charge in [-0.15, -0.1) is 0 Å². The molecule has 2 rings (SSSR count). The summed E-state index contributed by atoms with van der Waals surface area (Å²) in [5.74, 6) is 0. The van der Waals surface area contributed by atoms with Crippen LogP contribution in [0, 0.1) is 0 Å². The first-order valence-electron chi connectivity index (χ1n) is 6.68. The number of piperazine rings is 1. The summed E-state index contributed by atoms with van der Waals surface area (Å²) < 4.78 is 0. The number of likely N-dealkylation sites (N-methyl/N-ethyl adjacent to an activating group) is 1. The first kappa shape index (κ1) is 15.1. The molecule has 0 spiro atoms. The van der Waals surface area contributed by atoms with E-state index in [9.17, 15) is 5.11 Å². The van der Waals surface area contributed by atoms with Crippen LogP contribution in [0.2, 0.25) is 10.0 Å². The fourth-order valence-corrected chi connectivity index (χ4v) is 2.85. The summed E-state index contributed by atoms with van der Waals surface area (Å²) in [6.07, 6.45) is 0. The van der Waals surface area contributed by atoms with Crippen LogP contribution in [0.25, 0.3) is 0 Å². The standard InChI is InChI=1S/C14H20Cl2N2O/c1-2-17-5-7-18(8-6-17)14(10-19)11-3-4-12(15)13(16)9-11/h3-4,9,14,19H,2,5-8,10H2,1H3. The van der Waals surface area contributed by atoms with Gasteiger partial charge in [-0.05, 0) is 24.2 Å². The van der Waals surface area contributed by atoms with E-state index in [4.69, 9.17) is 23.2 Å². The highest BCUT2D eigenvalue weighted by Crippen LogP contribution is 2.28. The van der Waals surface area contributed by atoms with Crippen LogP contribution in [0.3, 0.4) is 0 Å². The van der Waals surface area contributed by atoms with Crippen molar-refractivity contribution in [2.75, 3.05) is 39.3 Å². The lowest BCUT2D eigenvalue weighted by Gasteiger charge is -2.38. The highest BCUT2D eigenvalue weighted by molar-refractivity contribution is 6.42. The molecule has 1 N–H and O–H groups in total. The zero-order chi connectivity index (χ0) is 13.8. The van der Waals surface area contributed by atoms with Gasteiger partial charge in [0.25, 0.3) is 0 Å². The summed E-state index contributed by atoms with van der Waals surface area (Å²) in [5.41, 5.74) is 1.03. The molecule has 1 fully saturated rings. The second kappa shape index (κ2) is 6.91. The van der Waals surface area contributed by atoms with Crippen molar-refractivity contribution in [2.24, 2.45) is 0 Å². The van der Waals surface area contributed by atoms with Gasteiger partial charge in [0, 0.05) is 26.2 Å². The summed E-state index contributed by atoms with van der Waals surface area (Å²) in [4.78, 5) is 4.73. The van der Waals surface area contributed by atoms with Crippen LogP contribution >= 0.6 is 23.2 Å². The Morgan fingerprint density at radius 1 is 1.16 bits per heavy atom. The number of halogens is 2. The second-order valence-corrected chi connectivity index (χ2v) is 5.66. The van der Waals surface area contributed by atoms with Crippen molar-refractivity contribution >= 4 is 23.2 Å². The van der Waals surface area contributed by atoms with Crippen LogP contribution in [0.5, 0.6) is 0 Å². The molecule has 1 atom stereocenters. The Bertz CT molecular complexity index is 420. The molecular formula is C14H20Cl2N2O. The smallest absolute Gasteiger partial charge is 0.0628 e. The van der Waals surface area contributed by atoms with Gasteiger partial charge in [0.1, 0.15) is 0 Å². The van der Waals surface area contributed by atoms with E-state index >= 15 is 0 Å². The Labute approximate surface area is 124 Å². The molecule has 0 saturated carbocycles. The van der Waals surface area contributed by atoms with Crippen molar-refractivity contribution in [1.82, 2.24) is 9.80 Å². The van der Waals surface area contributed by atoms with E-state index in [0.29, 0.717) is 10.0 Å². The minimum Gasteiger partial charge on any atom is -0.394 e. The number of rotatable bonds is 4. The number of aliphatic hydroxyl groups excluding tert-OH is 1. The second-order valence-electron chi connectivity index (χ2n) is 4.84. The number of aliphatic hydroxyl groups is 1. The average Bonchev–Trinajstić information content (AvgIpc) is 2.44. The Hall–Kier alpha value is -0.320. The summed E-state index contributed by atoms with van der Waals surface area (Å²) in [7, 11) is 0. The van der Waals surface area contributed by atoms with E-state index in [2.05, 4.69) is 16.7 Å². The first-order valence-corrected chi connectivity index (χ1v) is 7.43. The predicted octanol–water partition coefficient (Wildman–Crippen LogP) is 2.66. The minimum absolute atomic E-state index is 0.00812. The Morgan fingerprint density at radius 3 is 2.37 bits per heavy atom. The number of hydrogen-bond acceptors (Lipinski definition) is 3.